The quantitative estimate of drug-likeness (QED) is 0.626. The van der Waals surface area contributed by atoms with Crippen molar-refractivity contribution in [2.75, 3.05) is 64.0 Å². The SMILES string of the molecule is COCCN(CCOC)c1ncc(CO)c(Nc2ccc3c(c2)OCCO3)n1. The van der Waals surface area contributed by atoms with Gasteiger partial charge in [0.1, 0.15) is 19.0 Å². The van der Waals surface area contributed by atoms with Crippen LogP contribution in [0.15, 0.2) is 24.4 Å². The molecule has 0 saturated carbocycles. The highest BCUT2D eigenvalue weighted by atomic mass is 16.6. The van der Waals surface area contributed by atoms with Crippen LogP contribution in [0.5, 0.6) is 11.5 Å². The average Bonchev–Trinajstić information content (AvgIpc) is 2.74. The number of nitrogens with zero attached hydrogens (tertiary/aromatic N) is 3. The number of methoxy groups -OCH3 is 2. The third-order valence-corrected chi connectivity index (χ3v) is 4.24. The number of ether oxygens (including phenoxy) is 4. The summed E-state index contributed by atoms with van der Waals surface area (Å²) in [4.78, 5) is 11.0. The van der Waals surface area contributed by atoms with Crippen LogP contribution >= 0.6 is 0 Å². The molecular weight excluding hydrogens is 364 g/mol. The molecule has 1 aliphatic rings. The maximum Gasteiger partial charge on any atom is 0.227 e. The van der Waals surface area contributed by atoms with E-state index in [1.165, 1.54) is 0 Å². The molecule has 1 aliphatic heterocycles. The van der Waals surface area contributed by atoms with E-state index >= 15 is 0 Å². The highest BCUT2D eigenvalue weighted by molar-refractivity contribution is 5.64. The van der Waals surface area contributed by atoms with Crippen LogP contribution in [0.3, 0.4) is 0 Å². The number of aliphatic hydroxyl groups is 1. The number of aromatic nitrogens is 2. The van der Waals surface area contributed by atoms with Gasteiger partial charge in [-0.25, -0.2) is 4.98 Å². The van der Waals surface area contributed by atoms with Crippen LogP contribution < -0.4 is 19.7 Å². The van der Waals surface area contributed by atoms with Crippen molar-refractivity contribution in [3.8, 4) is 11.5 Å². The zero-order valence-corrected chi connectivity index (χ0v) is 16.2. The van der Waals surface area contributed by atoms with E-state index in [0.717, 1.165) is 5.69 Å². The second-order valence-electron chi connectivity index (χ2n) is 6.16. The number of fused-ring (bicyclic) bond motifs is 1. The van der Waals surface area contributed by atoms with Crippen LogP contribution in [0.4, 0.5) is 17.5 Å². The molecule has 2 N–H and O–H groups in total. The van der Waals surface area contributed by atoms with Crippen molar-refractivity contribution in [2.45, 2.75) is 6.61 Å². The number of anilines is 3. The molecule has 1 aromatic carbocycles. The largest absolute Gasteiger partial charge is 0.486 e. The Morgan fingerprint density at radius 3 is 2.50 bits per heavy atom. The number of nitrogens with one attached hydrogen (secondary N) is 1. The first-order chi connectivity index (χ1) is 13.7. The van der Waals surface area contributed by atoms with Crippen molar-refractivity contribution in [2.24, 2.45) is 0 Å². The van der Waals surface area contributed by atoms with E-state index in [0.29, 0.717) is 68.3 Å². The lowest BCUT2D eigenvalue weighted by molar-refractivity contribution is 0.171. The summed E-state index contributed by atoms with van der Waals surface area (Å²) in [6.07, 6.45) is 1.62. The predicted octanol–water partition coefficient (Wildman–Crippen LogP) is 1.58. The molecule has 0 bridgehead atoms. The molecule has 28 heavy (non-hydrogen) atoms. The summed E-state index contributed by atoms with van der Waals surface area (Å²) in [6, 6.07) is 5.58. The highest BCUT2D eigenvalue weighted by Gasteiger charge is 2.15. The first kappa shape index (κ1) is 20.1. The van der Waals surface area contributed by atoms with Crippen LogP contribution in [0.2, 0.25) is 0 Å². The van der Waals surface area contributed by atoms with E-state index in [1.54, 1.807) is 20.4 Å². The van der Waals surface area contributed by atoms with Crippen molar-refractivity contribution in [3.63, 3.8) is 0 Å². The topological polar surface area (TPSA) is 98.2 Å². The number of hydrogen-bond donors (Lipinski definition) is 2. The molecule has 9 nitrogen and oxygen atoms in total. The first-order valence-electron chi connectivity index (χ1n) is 9.11. The summed E-state index contributed by atoms with van der Waals surface area (Å²) in [7, 11) is 3.30. The normalized spacial score (nSPS) is 12.7. The van der Waals surface area contributed by atoms with Gasteiger partial charge in [-0.05, 0) is 12.1 Å². The summed E-state index contributed by atoms with van der Waals surface area (Å²) in [5.41, 5.74) is 1.38. The van der Waals surface area contributed by atoms with Gasteiger partial charge in [0.25, 0.3) is 0 Å². The molecule has 0 spiro atoms. The molecule has 0 unspecified atom stereocenters. The van der Waals surface area contributed by atoms with Crippen LogP contribution in [0.1, 0.15) is 5.56 Å². The van der Waals surface area contributed by atoms with Gasteiger partial charge in [0.2, 0.25) is 5.95 Å². The lowest BCUT2D eigenvalue weighted by Crippen LogP contribution is -2.32. The van der Waals surface area contributed by atoms with E-state index in [-0.39, 0.29) is 6.61 Å². The first-order valence-corrected chi connectivity index (χ1v) is 9.11. The molecule has 0 saturated heterocycles. The van der Waals surface area contributed by atoms with Crippen LogP contribution in [-0.4, -0.2) is 68.8 Å². The zero-order chi connectivity index (χ0) is 19.8. The Morgan fingerprint density at radius 2 is 1.82 bits per heavy atom. The monoisotopic (exact) mass is 390 g/mol. The fourth-order valence-electron chi connectivity index (χ4n) is 2.75. The molecule has 152 valence electrons. The second kappa shape index (κ2) is 10.1. The fourth-order valence-corrected chi connectivity index (χ4v) is 2.75. The lowest BCUT2D eigenvalue weighted by Gasteiger charge is -2.23. The summed E-state index contributed by atoms with van der Waals surface area (Å²) in [5, 5.41) is 12.9. The van der Waals surface area contributed by atoms with Gasteiger partial charge in [-0.3, -0.25) is 0 Å². The van der Waals surface area contributed by atoms with E-state index in [1.807, 2.05) is 23.1 Å². The molecule has 2 heterocycles. The Morgan fingerprint density at radius 1 is 1.11 bits per heavy atom. The molecule has 2 aromatic rings. The molecule has 0 fully saturated rings. The summed E-state index contributed by atoms with van der Waals surface area (Å²) < 4.78 is 21.5. The van der Waals surface area contributed by atoms with Crippen molar-refractivity contribution in [3.05, 3.63) is 30.0 Å². The van der Waals surface area contributed by atoms with Crippen molar-refractivity contribution >= 4 is 17.5 Å². The minimum absolute atomic E-state index is 0.177. The van der Waals surface area contributed by atoms with Gasteiger partial charge in [0, 0.05) is 50.8 Å². The van der Waals surface area contributed by atoms with Crippen molar-refractivity contribution < 1.29 is 24.1 Å². The van der Waals surface area contributed by atoms with E-state index < -0.39 is 0 Å². The standard InChI is InChI=1S/C19H26N4O5/c1-25-7-5-23(6-8-26-2)19-20-12-14(13-24)18(22-19)21-15-3-4-16-17(11-15)28-10-9-27-16/h3-4,11-12,24H,5-10,13H2,1-2H3,(H,20,21,22). The van der Waals surface area contributed by atoms with Gasteiger partial charge >= 0.3 is 0 Å². The number of aliphatic hydroxyl groups excluding tert-OH is 1. The van der Waals surface area contributed by atoms with Gasteiger partial charge in [0.05, 0.1) is 19.8 Å². The van der Waals surface area contributed by atoms with Crippen LogP contribution in [-0.2, 0) is 16.1 Å². The van der Waals surface area contributed by atoms with E-state index in [9.17, 15) is 5.11 Å². The summed E-state index contributed by atoms with van der Waals surface area (Å²) in [6.45, 7) is 3.22. The number of benzene rings is 1. The lowest BCUT2D eigenvalue weighted by atomic mass is 10.2. The predicted molar refractivity (Wildman–Crippen MR) is 105 cm³/mol. The zero-order valence-electron chi connectivity index (χ0n) is 16.2. The Labute approximate surface area is 164 Å². The average molecular weight is 390 g/mol. The van der Waals surface area contributed by atoms with Crippen LogP contribution in [0.25, 0.3) is 0 Å². The maximum absolute atomic E-state index is 9.68. The molecule has 0 radical (unpaired) electrons. The maximum atomic E-state index is 9.68. The highest BCUT2D eigenvalue weighted by Crippen LogP contribution is 2.34. The Balaban J connectivity index is 1.83. The van der Waals surface area contributed by atoms with Crippen molar-refractivity contribution in [1.82, 2.24) is 9.97 Å². The second-order valence-corrected chi connectivity index (χ2v) is 6.16. The summed E-state index contributed by atoms with van der Waals surface area (Å²) in [5.74, 6) is 2.46. The minimum atomic E-state index is -0.177. The van der Waals surface area contributed by atoms with Gasteiger partial charge in [0.15, 0.2) is 11.5 Å². The number of hydrogen-bond acceptors (Lipinski definition) is 9. The molecule has 0 aliphatic carbocycles. The van der Waals surface area contributed by atoms with Gasteiger partial charge in [-0.2, -0.15) is 4.98 Å². The van der Waals surface area contributed by atoms with Gasteiger partial charge < -0.3 is 34.3 Å². The molecule has 9 heteroatoms. The van der Waals surface area contributed by atoms with Gasteiger partial charge in [-0.1, -0.05) is 0 Å². The molecular formula is C19H26N4O5. The molecule has 3 rings (SSSR count). The minimum Gasteiger partial charge on any atom is -0.486 e. The fraction of sp³-hybridized carbons (Fsp3) is 0.474. The third-order valence-electron chi connectivity index (χ3n) is 4.24. The van der Waals surface area contributed by atoms with Crippen molar-refractivity contribution in [1.29, 1.82) is 0 Å². The molecule has 1 aromatic heterocycles. The summed E-state index contributed by atoms with van der Waals surface area (Å²) >= 11 is 0. The molecule has 0 amide bonds. The third kappa shape index (κ3) is 5.00. The van der Waals surface area contributed by atoms with Gasteiger partial charge in [-0.15, -0.1) is 0 Å². The molecule has 0 atom stereocenters. The van der Waals surface area contributed by atoms with Crippen LogP contribution in [0, 0.1) is 0 Å². The van der Waals surface area contributed by atoms with E-state index in [4.69, 9.17) is 18.9 Å². The Bertz CT molecular complexity index is 766. The number of rotatable bonds is 10. The Kier molecular flexibility index (Phi) is 7.24. The Hall–Kier alpha value is -2.62. The van der Waals surface area contributed by atoms with E-state index in [2.05, 4.69) is 15.3 Å². The smallest absolute Gasteiger partial charge is 0.227 e.